The van der Waals surface area contributed by atoms with E-state index in [1.165, 1.54) is 11.3 Å². The molecule has 2 amide bonds. The van der Waals surface area contributed by atoms with Gasteiger partial charge in [0.2, 0.25) is 5.13 Å². The number of amides is 2. The fourth-order valence-corrected chi connectivity index (χ4v) is 2.28. The first-order valence-corrected chi connectivity index (χ1v) is 7.02. The summed E-state index contributed by atoms with van der Waals surface area (Å²) in [6.07, 6.45) is 0.688. The molecule has 0 saturated heterocycles. The quantitative estimate of drug-likeness (QED) is 0.886. The molecule has 0 unspecified atom stereocenters. The van der Waals surface area contributed by atoms with Crippen molar-refractivity contribution in [3.05, 3.63) is 35.3 Å². The van der Waals surface area contributed by atoms with E-state index in [4.69, 9.17) is 4.74 Å². The molecule has 106 valence electrons. The second-order valence-electron chi connectivity index (χ2n) is 4.26. The van der Waals surface area contributed by atoms with Gasteiger partial charge >= 0.3 is 6.03 Å². The number of urea groups is 1. The van der Waals surface area contributed by atoms with Gasteiger partial charge in [-0.15, -0.1) is 10.2 Å². The van der Waals surface area contributed by atoms with Crippen LogP contribution in [0.3, 0.4) is 0 Å². The third-order valence-corrected chi connectivity index (χ3v) is 3.28. The minimum absolute atomic E-state index is 0.0285. The fraction of sp³-hybridized carbons (Fsp3) is 0.308. The first-order chi connectivity index (χ1) is 9.69. The molecule has 1 aromatic heterocycles. The van der Waals surface area contributed by atoms with E-state index in [2.05, 4.69) is 20.8 Å². The number of carbonyl (C=O) groups excluding carboxylic acids is 1. The zero-order valence-electron chi connectivity index (χ0n) is 11.3. The highest BCUT2D eigenvalue weighted by atomic mass is 32.1. The van der Waals surface area contributed by atoms with Gasteiger partial charge in [-0.05, 0) is 25.0 Å². The van der Waals surface area contributed by atoms with Crippen molar-refractivity contribution < 1.29 is 9.53 Å². The van der Waals surface area contributed by atoms with E-state index in [-0.39, 0.29) is 12.1 Å². The first-order valence-electron chi connectivity index (χ1n) is 6.14. The van der Waals surface area contributed by atoms with E-state index in [0.29, 0.717) is 11.6 Å². The molecule has 1 heterocycles. The van der Waals surface area contributed by atoms with Crippen LogP contribution in [0.5, 0.6) is 5.75 Å². The number of benzene rings is 1. The molecule has 6 nitrogen and oxygen atoms in total. The summed E-state index contributed by atoms with van der Waals surface area (Å²) in [5.74, 6) is 0.825. The Morgan fingerprint density at radius 2 is 2.25 bits per heavy atom. The van der Waals surface area contributed by atoms with E-state index in [1.54, 1.807) is 12.6 Å². The number of rotatable bonds is 5. The summed E-state index contributed by atoms with van der Waals surface area (Å²) in [6, 6.07) is 7.45. The molecular formula is C13H16N4O2S. The number of para-hydroxylation sites is 1. The van der Waals surface area contributed by atoms with E-state index < -0.39 is 0 Å². The van der Waals surface area contributed by atoms with E-state index in [9.17, 15) is 4.79 Å². The summed E-state index contributed by atoms with van der Waals surface area (Å²) in [4.78, 5) is 11.8. The van der Waals surface area contributed by atoms with Gasteiger partial charge in [-0.2, -0.15) is 0 Å². The summed E-state index contributed by atoms with van der Waals surface area (Å²) in [7, 11) is 1.64. The predicted molar refractivity (Wildman–Crippen MR) is 78.2 cm³/mol. The van der Waals surface area contributed by atoms with Crippen LogP contribution in [0.25, 0.3) is 0 Å². The molecule has 1 atom stereocenters. The Morgan fingerprint density at radius 3 is 2.95 bits per heavy atom. The molecule has 0 radical (unpaired) electrons. The summed E-state index contributed by atoms with van der Waals surface area (Å²) in [5, 5.41) is 13.4. The lowest BCUT2D eigenvalue weighted by Gasteiger charge is -2.15. The van der Waals surface area contributed by atoms with Gasteiger partial charge in [0.05, 0.1) is 7.11 Å². The van der Waals surface area contributed by atoms with Crippen LogP contribution in [-0.4, -0.2) is 29.4 Å². The van der Waals surface area contributed by atoms with E-state index >= 15 is 0 Å². The summed E-state index contributed by atoms with van der Waals surface area (Å²) >= 11 is 1.27. The summed E-state index contributed by atoms with van der Waals surface area (Å²) in [5.41, 5.74) is 2.62. The van der Waals surface area contributed by atoms with Crippen molar-refractivity contribution in [2.75, 3.05) is 12.4 Å². The number of nitrogens with zero attached hydrogens (tertiary/aromatic N) is 2. The number of nitrogens with one attached hydrogen (secondary N) is 2. The molecule has 20 heavy (non-hydrogen) atoms. The largest absolute Gasteiger partial charge is 0.496 e. The van der Waals surface area contributed by atoms with Crippen molar-refractivity contribution >= 4 is 22.5 Å². The van der Waals surface area contributed by atoms with Gasteiger partial charge in [-0.25, -0.2) is 4.79 Å². The van der Waals surface area contributed by atoms with Crippen molar-refractivity contribution in [2.24, 2.45) is 0 Å². The molecule has 0 fully saturated rings. The zero-order chi connectivity index (χ0) is 14.4. The third kappa shape index (κ3) is 3.92. The molecule has 0 aliphatic rings. The Kier molecular flexibility index (Phi) is 4.89. The molecule has 1 aromatic carbocycles. The third-order valence-electron chi connectivity index (χ3n) is 2.68. The maximum absolute atomic E-state index is 11.8. The molecule has 2 rings (SSSR count). The van der Waals surface area contributed by atoms with Crippen molar-refractivity contribution in [3.8, 4) is 5.75 Å². The number of ether oxygens (including phenoxy) is 1. The maximum atomic E-state index is 11.8. The average Bonchev–Trinajstić information content (AvgIpc) is 2.91. The van der Waals surface area contributed by atoms with Gasteiger partial charge in [-0.1, -0.05) is 29.5 Å². The van der Waals surface area contributed by atoms with Crippen LogP contribution in [0, 0.1) is 0 Å². The van der Waals surface area contributed by atoms with Crippen LogP contribution in [0.2, 0.25) is 0 Å². The lowest BCUT2D eigenvalue weighted by molar-refractivity contribution is 0.249. The lowest BCUT2D eigenvalue weighted by atomic mass is 10.1. The number of hydrogen-bond acceptors (Lipinski definition) is 5. The summed E-state index contributed by atoms with van der Waals surface area (Å²) in [6.45, 7) is 1.94. The Labute approximate surface area is 121 Å². The van der Waals surface area contributed by atoms with Crippen molar-refractivity contribution in [2.45, 2.75) is 19.4 Å². The van der Waals surface area contributed by atoms with Gasteiger partial charge in [0.1, 0.15) is 11.3 Å². The highest BCUT2D eigenvalue weighted by molar-refractivity contribution is 7.13. The Morgan fingerprint density at radius 1 is 1.45 bits per heavy atom. The summed E-state index contributed by atoms with van der Waals surface area (Å²) < 4.78 is 5.29. The molecule has 0 aliphatic carbocycles. The average molecular weight is 292 g/mol. The van der Waals surface area contributed by atoms with Crippen molar-refractivity contribution in [1.29, 1.82) is 0 Å². The lowest BCUT2D eigenvalue weighted by Crippen LogP contribution is -2.37. The van der Waals surface area contributed by atoms with Gasteiger partial charge in [0.25, 0.3) is 0 Å². The molecule has 2 aromatic rings. The highest BCUT2D eigenvalue weighted by Crippen LogP contribution is 2.18. The minimum Gasteiger partial charge on any atom is -0.496 e. The van der Waals surface area contributed by atoms with Gasteiger partial charge in [-0.3, -0.25) is 5.32 Å². The fourth-order valence-electron chi connectivity index (χ4n) is 1.84. The van der Waals surface area contributed by atoms with Gasteiger partial charge < -0.3 is 10.1 Å². The van der Waals surface area contributed by atoms with E-state index in [0.717, 1.165) is 11.3 Å². The van der Waals surface area contributed by atoms with Crippen LogP contribution in [0.4, 0.5) is 9.93 Å². The van der Waals surface area contributed by atoms with Gasteiger partial charge in [0.15, 0.2) is 0 Å². The van der Waals surface area contributed by atoms with Crippen LogP contribution in [-0.2, 0) is 6.42 Å². The molecule has 0 bridgehead atoms. The SMILES string of the molecule is COc1ccccc1C[C@H](C)NC(=O)Nc1nncs1. The molecule has 0 spiro atoms. The minimum atomic E-state index is -0.288. The maximum Gasteiger partial charge on any atom is 0.321 e. The topological polar surface area (TPSA) is 76.1 Å². The number of aromatic nitrogens is 2. The zero-order valence-corrected chi connectivity index (χ0v) is 12.1. The Balaban J connectivity index is 1.88. The van der Waals surface area contributed by atoms with Crippen LogP contribution in [0.15, 0.2) is 29.8 Å². The first kappa shape index (κ1) is 14.3. The number of hydrogen-bond donors (Lipinski definition) is 2. The van der Waals surface area contributed by atoms with Crippen LogP contribution in [0.1, 0.15) is 12.5 Å². The molecule has 0 saturated carbocycles. The molecule has 7 heteroatoms. The Hall–Kier alpha value is -2.15. The van der Waals surface area contributed by atoms with Crippen molar-refractivity contribution in [3.63, 3.8) is 0 Å². The monoisotopic (exact) mass is 292 g/mol. The normalized spacial score (nSPS) is 11.7. The smallest absolute Gasteiger partial charge is 0.321 e. The van der Waals surface area contributed by atoms with Crippen LogP contribution < -0.4 is 15.4 Å². The Bertz CT molecular complexity index is 559. The van der Waals surface area contributed by atoms with Gasteiger partial charge in [0, 0.05) is 6.04 Å². The van der Waals surface area contributed by atoms with E-state index in [1.807, 2.05) is 31.2 Å². The van der Waals surface area contributed by atoms with Crippen LogP contribution >= 0.6 is 11.3 Å². The second-order valence-corrected chi connectivity index (χ2v) is 5.09. The number of methoxy groups -OCH3 is 1. The highest BCUT2D eigenvalue weighted by Gasteiger charge is 2.11. The molecular weight excluding hydrogens is 276 g/mol. The number of anilines is 1. The van der Waals surface area contributed by atoms with Crippen molar-refractivity contribution in [1.82, 2.24) is 15.5 Å². The standard InChI is InChI=1S/C13H16N4O2S/c1-9(7-10-5-3-4-6-11(10)19-2)15-12(18)16-13-17-14-8-20-13/h3-6,8-9H,7H2,1-2H3,(H2,15,16,17,18)/t9-/m0/s1. The molecule has 0 aliphatic heterocycles. The predicted octanol–water partition coefficient (Wildman–Crippen LogP) is 2.30. The number of carbonyl (C=O) groups is 1. The molecule has 2 N–H and O–H groups in total. The second kappa shape index (κ2) is 6.85.